The summed E-state index contributed by atoms with van der Waals surface area (Å²) in [6.07, 6.45) is 2.27. The van der Waals surface area contributed by atoms with Crippen LogP contribution in [0, 0.1) is 0 Å². The zero-order valence-electron chi connectivity index (χ0n) is 46.1. The van der Waals surface area contributed by atoms with Crippen LogP contribution < -0.4 is 19.7 Å². The van der Waals surface area contributed by atoms with Gasteiger partial charge in [0.05, 0.1) is 47.9 Å². The lowest BCUT2D eigenvalue weighted by atomic mass is 8.46. The van der Waals surface area contributed by atoms with Gasteiger partial charge in [0.1, 0.15) is 29.3 Å². The van der Waals surface area contributed by atoms with Crippen molar-refractivity contribution < 1.29 is 33.3 Å². The molecule has 2 aromatic carbocycles. The van der Waals surface area contributed by atoms with Gasteiger partial charge in [-0.3, -0.25) is 13.9 Å². The first-order valence-electron chi connectivity index (χ1n) is 25.0. The van der Waals surface area contributed by atoms with Crippen molar-refractivity contribution in [3.63, 3.8) is 0 Å². The molecular weight excluding hydrogens is 995 g/mol. The zero-order valence-corrected chi connectivity index (χ0v) is 46.1. The Hall–Kier alpha value is -8.13. The summed E-state index contributed by atoms with van der Waals surface area (Å²) in [6.45, 7) is 19.8. The van der Waals surface area contributed by atoms with E-state index in [0.29, 0.717) is 30.3 Å². The third kappa shape index (κ3) is 21.5. The minimum atomic E-state index is -0.754. The molecule has 2 N–H and O–H groups in total. The van der Waals surface area contributed by atoms with Crippen LogP contribution in [-0.2, 0) is 20.8 Å². The van der Waals surface area contributed by atoms with Gasteiger partial charge in [-0.25, -0.2) is 14.6 Å². The second-order valence-corrected chi connectivity index (χ2v) is 19.4. The summed E-state index contributed by atoms with van der Waals surface area (Å²) in [5.74, 6) is 1.26. The number of fused-ring (bicyclic) bond motifs is 2. The van der Waals surface area contributed by atoms with Gasteiger partial charge in [0.15, 0.2) is 6.61 Å². The molecule has 2 aliphatic heterocycles. The quantitative estimate of drug-likeness (QED) is 0.154. The lowest BCUT2D eigenvalue weighted by molar-refractivity contribution is -0.118. The van der Waals surface area contributed by atoms with Crippen LogP contribution >= 0.6 is 0 Å². The highest BCUT2D eigenvalue weighted by molar-refractivity contribution is 8.12. The highest BCUT2D eigenvalue weighted by Gasteiger charge is 2.37. The summed E-state index contributed by atoms with van der Waals surface area (Å²) in [6, 6.07) is 18.7. The first kappa shape index (κ1) is 65.4. The third-order valence-corrected chi connectivity index (χ3v) is 11.0. The molecule has 0 fully saturated rings. The number of amides is 1. The van der Waals surface area contributed by atoms with E-state index in [9.17, 15) is 14.4 Å². The standard InChI is InChI=1S/C21H24N4O3.C17H18N2O4.C15H4.B15/c1-21(2,3)28-20(26)25-8-4-5-17(25)15-6-7-19-18(11-15)24(9-10-27-19)13-16-12-22-14-23-16;1-17(2,3)23-16(21)19-8-4-5-13(19)11-6-7-14-12(9-11)18-15(20)10-22-14;1-3-5-7-9-11-13-15-14-12-10-8-6-4-2;1-9-13(8)15(12(6)7)14(10(2)3)11(4)5/h4-8,11-12,14H,9-10,13H2,1-3H3,(H,22,23);4-9H,10H2,1-3H3,(H,18,20);1-2H2;. The smallest absolute Gasteiger partial charge is 0.418 e. The van der Waals surface area contributed by atoms with E-state index in [1.165, 1.54) is 16.2 Å². The molecule has 0 spiro atoms. The molecule has 7 rings (SSSR count). The highest BCUT2D eigenvalue weighted by Crippen LogP contribution is 2.37. The van der Waals surface area contributed by atoms with Crippen molar-refractivity contribution in [3.8, 4) is 34.0 Å². The second kappa shape index (κ2) is 32.2. The molecule has 2 aliphatic rings. The number of hydrogen-bond donors (Lipinski definition) is 2. The lowest BCUT2D eigenvalue weighted by Gasteiger charge is -2.35. The predicted molar refractivity (Wildman–Crippen MR) is 335 cm³/mol. The second-order valence-electron chi connectivity index (χ2n) is 19.4. The summed E-state index contributed by atoms with van der Waals surface area (Å²) in [4.78, 5) is 45.8. The van der Waals surface area contributed by atoms with Gasteiger partial charge in [0, 0.05) is 137 Å². The van der Waals surface area contributed by atoms with Gasteiger partial charge in [-0.05, 0) is 178 Å². The fourth-order valence-corrected chi connectivity index (χ4v) is 7.63. The van der Waals surface area contributed by atoms with Gasteiger partial charge in [0.25, 0.3) is 5.91 Å². The minimum absolute atomic E-state index is 0.0145. The maximum absolute atomic E-state index is 12.6. The van der Waals surface area contributed by atoms with E-state index >= 15 is 0 Å². The summed E-state index contributed by atoms with van der Waals surface area (Å²) >= 11 is 0. The van der Waals surface area contributed by atoms with Gasteiger partial charge in [-0.1, -0.05) is 11.5 Å². The average molecular weight is 1040 g/mol. The Labute approximate surface area is 488 Å². The molecule has 17 radical (unpaired) electrons. The van der Waals surface area contributed by atoms with Crippen LogP contribution in [0.4, 0.5) is 21.0 Å². The van der Waals surface area contributed by atoms with E-state index in [2.05, 4.69) is 114 Å². The number of carbonyl (C=O) groups is 3. The molecule has 0 aliphatic carbocycles. The van der Waals surface area contributed by atoms with Crippen molar-refractivity contribution in [3.05, 3.63) is 179 Å². The van der Waals surface area contributed by atoms with Crippen LogP contribution in [0.5, 0.6) is 11.5 Å². The number of aromatic amines is 1. The van der Waals surface area contributed by atoms with Crippen molar-refractivity contribution in [2.45, 2.75) is 59.3 Å². The van der Waals surface area contributed by atoms with Gasteiger partial charge >= 0.3 is 12.2 Å². The van der Waals surface area contributed by atoms with Crippen LogP contribution in [0.3, 0.4) is 0 Å². The molecule has 5 aromatic rings. The number of anilines is 2. The number of rotatable bonds is 10. The summed E-state index contributed by atoms with van der Waals surface area (Å²) in [5, 5.41) is 2.76. The molecule has 1 amide bonds. The van der Waals surface area contributed by atoms with Crippen LogP contribution in [0.25, 0.3) is 22.5 Å². The molecule has 0 unspecified atom stereocenters. The van der Waals surface area contributed by atoms with Gasteiger partial charge in [0.2, 0.25) is 0 Å². The summed E-state index contributed by atoms with van der Waals surface area (Å²) in [5.41, 5.74) is 36.6. The van der Waals surface area contributed by atoms with Gasteiger partial charge in [-0.2, -0.15) is 0 Å². The number of nitrogens with zero attached hydrogens (tertiary/aromatic N) is 4. The Bertz CT molecular complexity index is 3440. The predicted octanol–water partition coefficient (Wildman–Crippen LogP) is 4.44. The fraction of sp³-hybridized carbons (Fsp3) is 0.226. The topological polar surface area (TPSA) is 142 Å². The van der Waals surface area contributed by atoms with Crippen LogP contribution in [0.1, 0.15) is 47.2 Å². The van der Waals surface area contributed by atoms with E-state index in [4.69, 9.17) is 80.8 Å². The maximum Gasteiger partial charge on any atom is 0.418 e. The van der Waals surface area contributed by atoms with Crippen molar-refractivity contribution in [1.82, 2.24) is 19.1 Å². The molecule has 0 atom stereocenters. The van der Waals surface area contributed by atoms with Crippen molar-refractivity contribution in [2.24, 2.45) is 0 Å². The molecule has 5 heterocycles. The zero-order chi connectivity index (χ0) is 59.7. The molecule has 0 bridgehead atoms. The molecule has 3 aromatic heterocycles. The van der Waals surface area contributed by atoms with Crippen molar-refractivity contribution in [2.75, 3.05) is 30.0 Å². The van der Waals surface area contributed by atoms with Crippen LogP contribution in [0.15, 0.2) is 173 Å². The number of ether oxygens (including phenoxy) is 4. The Kier molecular flexibility index (Phi) is 26.0. The first-order chi connectivity index (χ1) is 38.5. The van der Waals surface area contributed by atoms with Crippen LogP contribution in [0.2, 0.25) is 0 Å². The number of nitrogens with one attached hydrogen (secondary N) is 2. The van der Waals surface area contributed by atoms with Crippen molar-refractivity contribution in [1.29, 1.82) is 0 Å². The van der Waals surface area contributed by atoms with Gasteiger partial charge in [-0.15, -0.1) is 0 Å². The number of H-pyrrole nitrogens is 1. The fourth-order valence-electron chi connectivity index (χ4n) is 7.63. The summed E-state index contributed by atoms with van der Waals surface area (Å²) in [7, 11) is 45.8. The molecule has 81 heavy (non-hydrogen) atoms. The molecule has 0 saturated heterocycles. The molecule has 28 heteroatoms. The highest BCUT2D eigenvalue weighted by atomic mass is 16.6. The monoisotopic (exact) mass is 1040 g/mol. The minimum Gasteiger partial charge on any atom is -0.490 e. The number of hydrogen-bond acceptors (Lipinski definition) is 9. The molecule has 13 nitrogen and oxygen atoms in total. The Balaban J connectivity index is 0.000000242. The maximum atomic E-state index is 12.6. The van der Waals surface area contributed by atoms with Crippen molar-refractivity contribution >= 4 is 137 Å². The molecule has 0 saturated carbocycles. The van der Waals surface area contributed by atoms with E-state index in [1.54, 1.807) is 36.9 Å². The first-order valence-corrected chi connectivity index (χ1v) is 25.0. The van der Waals surface area contributed by atoms with E-state index in [1.807, 2.05) is 84.1 Å². The largest absolute Gasteiger partial charge is 0.490 e. The number of aromatic nitrogens is 4. The van der Waals surface area contributed by atoms with E-state index in [0.717, 1.165) is 40.5 Å². The number of imidazole rings is 1. The Morgan fingerprint density at radius 1 is 0.691 bits per heavy atom. The number of benzene rings is 2. The SMILES string of the molecule is C=C=C=C=C=C=C=C=C=C=C=C=C=C=C.CC(C)(C)OC(=O)n1cccc1-c1ccc2c(c1)N(Cc1cnc[nH]1)CCO2.CC(C)(C)OC(=O)n1cccc1-c1ccc2c(c1)NC(=O)CO2.[B][B]B([B])B(B([B])[B])B(B([B])[B])B([B])[B]. The normalized spacial score (nSPS) is 11.0. The summed E-state index contributed by atoms with van der Waals surface area (Å²) < 4.78 is 25.1. The average Bonchev–Trinajstić information content (AvgIpc) is 4.32. The molecule has 375 valence electrons. The third-order valence-electron chi connectivity index (χ3n) is 11.0. The molecular formula is C53H46B15N6O7. The lowest BCUT2D eigenvalue weighted by Crippen LogP contribution is -2.73. The number of carbonyl (C=O) groups excluding carboxylic acids is 3. The Morgan fingerprint density at radius 2 is 1.17 bits per heavy atom. The van der Waals surface area contributed by atoms with Crippen LogP contribution in [-0.4, -0.2) is 175 Å². The van der Waals surface area contributed by atoms with Gasteiger partial charge < -0.3 is 34.1 Å². The van der Waals surface area contributed by atoms with E-state index in [-0.39, 0.29) is 12.5 Å². The Morgan fingerprint density at radius 3 is 1.62 bits per heavy atom. The van der Waals surface area contributed by atoms with E-state index < -0.39 is 61.7 Å².